The van der Waals surface area contributed by atoms with Crippen molar-refractivity contribution in [1.82, 2.24) is 14.5 Å². The van der Waals surface area contributed by atoms with Gasteiger partial charge in [0.05, 0.1) is 10.9 Å². The molecule has 0 N–H and O–H groups in total. The third kappa shape index (κ3) is 2.40. The molecule has 4 rings (SSSR count). The van der Waals surface area contributed by atoms with Crippen LogP contribution in [-0.4, -0.2) is 14.5 Å². The summed E-state index contributed by atoms with van der Waals surface area (Å²) in [5, 5.41) is 0.574. The summed E-state index contributed by atoms with van der Waals surface area (Å²) in [5.74, 6) is 0.295. The number of benzene rings is 1. The Kier molecular flexibility index (Phi) is 3.27. The summed E-state index contributed by atoms with van der Waals surface area (Å²) in [6, 6.07) is 8.64. The maximum Gasteiger partial charge on any atom is 0.261 e. The first-order valence-electron chi connectivity index (χ1n) is 8.09. The third-order valence-electron chi connectivity index (χ3n) is 4.72. The maximum atomic E-state index is 13.9. The van der Waals surface area contributed by atoms with Crippen molar-refractivity contribution < 1.29 is 4.39 Å². The number of fused-ring (bicyclic) bond motifs is 2. The van der Waals surface area contributed by atoms with Gasteiger partial charge in [-0.2, -0.15) is 4.39 Å². The maximum absolute atomic E-state index is 13.9. The van der Waals surface area contributed by atoms with Gasteiger partial charge in [0, 0.05) is 24.7 Å². The highest BCUT2D eigenvalue weighted by molar-refractivity contribution is 5.83. The minimum atomic E-state index is -0.520. The quantitative estimate of drug-likeness (QED) is 0.643. The fourth-order valence-electron chi connectivity index (χ4n) is 3.35. The van der Waals surface area contributed by atoms with Crippen molar-refractivity contribution in [2.45, 2.75) is 33.2 Å². The second-order valence-electron chi connectivity index (χ2n) is 7.16. The van der Waals surface area contributed by atoms with Crippen molar-refractivity contribution in [2.24, 2.45) is 5.41 Å². The third-order valence-corrected chi connectivity index (χ3v) is 4.72. The van der Waals surface area contributed by atoms with Gasteiger partial charge in [0.1, 0.15) is 5.82 Å². The van der Waals surface area contributed by atoms with Gasteiger partial charge in [0.15, 0.2) is 0 Å². The van der Waals surface area contributed by atoms with E-state index in [0.29, 0.717) is 28.6 Å². The molecule has 0 atom stereocenters. The minimum Gasteiger partial charge on any atom is -0.296 e. The molecule has 0 unspecified atom stereocenters. The van der Waals surface area contributed by atoms with Crippen LogP contribution in [0, 0.1) is 11.4 Å². The lowest BCUT2D eigenvalue weighted by molar-refractivity contribution is 0.240. The minimum absolute atomic E-state index is 0.0130. The Morgan fingerprint density at radius 3 is 2.88 bits per heavy atom. The van der Waals surface area contributed by atoms with Crippen molar-refractivity contribution >= 4 is 10.9 Å². The number of halogens is 1. The zero-order chi connectivity index (χ0) is 16.9. The predicted molar refractivity (Wildman–Crippen MR) is 91.3 cm³/mol. The molecule has 1 aliphatic rings. The normalized spacial score (nSPS) is 16.1. The monoisotopic (exact) mass is 323 g/mol. The molecule has 0 saturated carbocycles. The van der Waals surface area contributed by atoms with Gasteiger partial charge in [-0.05, 0) is 41.7 Å². The average molecular weight is 323 g/mol. The van der Waals surface area contributed by atoms with Gasteiger partial charge in [-0.1, -0.05) is 19.9 Å². The summed E-state index contributed by atoms with van der Waals surface area (Å²) in [4.78, 5) is 21.2. The summed E-state index contributed by atoms with van der Waals surface area (Å²) >= 11 is 0. The molecule has 0 saturated heterocycles. The Hall–Kier alpha value is -2.56. The number of hydrogen-bond acceptors (Lipinski definition) is 3. The van der Waals surface area contributed by atoms with Crippen molar-refractivity contribution in [2.75, 3.05) is 0 Å². The number of nitrogens with zero attached hydrogens (tertiary/aromatic N) is 3. The molecule has 0 amide bonds. The van der Waals surface area contributed by atoms with Crippen LogP contribution in [0.3, 0.4) is 0 Å². The Balaban J connectivity index is 1.91. The molecule has 0 spiro atoms. The van der Waals surface area contributed by atoms with Gasteiger partial charge >= 0.3 is 0 Å². The second kappa shape index (κ2) is 5.23. The Labute approximate surface area is 139 Å². The molecule has 0 fully saturated rings. The summed E-state index contributed by atoms with van der Waals surface area (Å²) in [7, 11) is 0. The van der Waals surface area contributed by atoms with Crippen LogP contribution < -0.4 is 5.56 Å². The van der Waals surface area contributed by atoms with E-state index in [1.165, 1.54) is 6.20 Å². The zero-order valence-electron chi connectivity index (χ0n) is 13.7. The van der Waals surface area contributed by atoms with Crippen molar-refractivity contribution in [3.63, 3.8) is 0 Å². The number of aryl methyl sites for hydroxylation is 1. The smallest absolute Gasteiger partial charge is 0.261 e. The van der Waals surface area contributed by atoms with Gasteiger partial charge in [-0.3, -0.25) is 9.36 Å². The van der Waals surface area contributed by atoms with Crippen molar-refractivity contribution in [3.8, 4) is 11.1 Å². The largest absolute Gasteiger partial charge is 0.296 e. The first-order chi connectivity index (χ1) is 11.4. The number of hydrogen-bond donors (Lipinski definition) is 0. The Morgan fingerprint density at radius 2 is 2.08 bits per heavy atom. The van der Waals surface area contributed by atoms with Crippen LogP contribution in [0.25, 0.3) is 22.0 Å². The molecule has 3 heterocycles. The van der Waals surface area contributed by atoms with Gasteiger partial charge in [-0.25, -0.2) is 9.97 Å². The van der Waals surface area contributed by atoms with E-state index in [1.807, 2.05) is 0 Å². The first-order valence-corrected chi connectivity index (χ1v) is 8.09. The molecular formula is C19H18FN3O. The number of aromatic nitrogens is 3. The van der Waals surface area contributed by atoms with Crippen LogP contribution >= 0.6 is 0 Å². The van der Waals surface area contributed by atoms with Gasteiger partial charge in [-0.15, -0.1) is 0 Å². The lowest BCUT2D eigenvalue weighted by Gasteiger charge is -2.31. The lowest BCUT2D eigenvalue weighted by Crippen LogP contribution is -2.36. The molecule has 0 radical (unpaired) electrons. The van der Waals surface area contributed by atoms with E-state index in [1.54, 1.807) is 34.9 Å². The average Bonchev–Trinajstić information content (AvgIpc) is 2.55. The molecule has 0 aliphatic carbocycles. The van der Waals surface area contributed by atoms with E-state index in [2.05, 4.69) is 23.8 Å². The molecular weight excluding hydrogens is 305 g/mol. The van der Waals surface area contributed by atoms with Gasteiger partial charge < -0.3 is 0 Å². The predicted octanol–water partition coefficient (Wildman–Crippen LogP) is 3.57. The van der Waals surface area contributed by atoms with Crippen LogP contribution in [-0.2, 0) is 13.0 Å². The van der Waals surface area contributed by atoms with Gasteiger partial charge in [0.25, 0.3) is 5.56 Å². The fourth-order valence-corrected chi connectivity index (χ4v) is 3.35. The zero-order valence-corrected chi connectivity index (χ0v) is 13.7. The first kappa shape index (κ1) is 15.0. The van der Waals surface area contributed by atoms with Crippen LogP contribution in [0.15, 0.2) is 41.3 Å². The summed E-state index contributed by atoms with van der Waals surface area (Å²) < 4.78 is 15.7. The molecule has 2 aromatic heterocycles. The van der Waals surface area contributed by atoms with Crippen LogP contribution in [0.5, 0.6) is 0 Å². The van der Waals surface area contributed by atoms with E-state index in [0.717, 1.165) is 18.7 Å². The molecule has 0 bridgehead atoms. The van der Waals surface area contributed by atoms with Crippen LogP contribution in [0.2, 0.25) is 0 Å². The number of rotatable bonds is 1. The fraction of sp³-hybridized carbons (Fsp3) is 0.316. The number of pyridine rings is 1. The van der Waals surface area contributed by atoms with E-state index in [4.69, 9.17) is 0 Å². The molecule has 1 aliphatic heterocycles. The topological polar surface area (TPSA) is 47.8 Å². The standard InChI is InChI=1S/C19H18FN3O/c1-19(2)8-7-16-22-15-10-12(13-4-3-9-21-17(13)20)5-6-14(15)18(24)23(16)11-19/h3-6,9-10H,7-8,11H2,1-2H3. The highest BCUT2D eigenvalue weighted by Crippen LogP contribution is 2.30. The molecule has 5 heteroatoms. The molecule has 1 aromatic carbocycles. The summed E-state index contributed by atoms with van der Waals surface area (Å²) in [6.45, 7) is 5.02. The highest BCUT2D eigenvalue weighted by Gasteiger charge is 2.27. The van der Waals surface area contributed by atoms with E-state index in [9.17, 15) is 9.18 Å². The van der Waals surface area contributed by atoms with Crippen LogP contribution in [0.4, 0.5) is 4.39 Å². The van der Waals surface area contributed by atoms with E-state index < -0.39 is 5.95 Å². The molecule has 24 heavy (non-hydrogen) atoms. The molecule has 3 aromatic rings. The second-order valence-corrected chi connectivity index (χ2v) is 7.16. The Bertz CT molecular complexity index is 1010. The molecule has 4 nitrogen and oxygen atoms in total. The van der Waals surface area contributed by atoms with Crippen molar-refractivity contribution in [1.29, 1.82) is 0 Å². The van der Waals surface area contributed by atoms with Crippen LogP contribution in [0.1, 0.15) is 26.1 Å². The van der Waals surface area contributed by atoms with E-state index in [-0.39, 0.29) is 11.0 Å². The highest BCUT2D eigenvalue weighted by atomic mass is 19.1. The van der Waals surface area contributed by atoms with Crippen molar-refractivity contribution in [3.05, 3.63) is 58.7 Å². The Morgan fingerprint density at radius 1 is 1.25 bits per heavy atom. The van der Waals surface area contributed by atoms with Gasteiger partial charge in [0.2, 0.25) is 5.95 Å². The SMILES string of the molecule is CC1(C)CCc2nc3cc(-c4cccnc4F)ccc3c(=O)n2C1. The lowest BCUT2D eigenvalue weighted by atomic mass is 9.85. The molecule has 122 valence electrons. The van der Waals surface area contributed by atoms with E-state index >= 15 is 0 Å². The summed E-state index contributed by atoms with van der Waals surface area (Å²) in [6.07, 6.45) is 3.20. The summed E-state index contributed by atoms with van der Waals surface area (Å²) in [5.41, 5.74) is 1.80.